The van der Waals surface area contributed by atoms with Crippen LogP contribution in [0.25, 0.3) is 0 Å². The molecule has 1 atom stereocenters. The van der Waals surface area contributed by atoms with Gasteiger partial charge in [0.25, 0.3) is 5.69 Å². The molecule has 0 fully saturated rings. The summed E-state index contributed by atoms with van der Waals surface area (Å²) < 4.78 is 11.0. The number of nitro groups is 1. The van der Waals surface area contributed by atoms with Crippen molar-refractivity contribution in [1.29, 1.82) is 0 Å². The lowest BCUT2D eigenvalue weighted by atomic mass is 9.93. The number of hydrazone groups is 1. The lowest BCUT2D eigenvalue weighted by Gasteiger charge is -2.22. The summed E-state index contributed by atoms with van der Waals surface area (Å²) in [6, 6.07) is 8.05. The highest BCUT2D eigenvalue weighted by Gasteiger charge is 2.29. The van der Waals surface area contributed by atoms with Gasteiger partial charge >= 0.3 is 6.03 Å². The molecule has 0 aromatic heterocycles. The number of ether oxygens (including phenoxy) is 2. The molecule has 2 aromatic carbocycles. The molecular formula is C20H20N4O5. The first-order chi connectivity index (χ1) is 13.9. The van der Waals surface area contributed by atoms with Crippen LogP contribution in [0.2, 0.25) is 0 Å². The topological polar surface area (TPSA) is 106 Å². The standard InChI is InChI=1S/C20H20N4O5/c1-11-6-13(4-5-16(11)24(26)27)19-15-9-18-17(28-10-29-18)8-14(15)7-12(2)23(22-19)20(25)21-3/h4-6,8-9,12H,7,10H2,1-3H3,(H,21,25). The minimum Gasteiger partial charge on any atom is -0.454 e. The van der Waals surface area contributed by atoms with Crippen LogP contribution in [0.15, 0.2) is 35.4 Å². The second-order valence-corrected chi connectivity index (χ2v) is 7.02. The molecule has 0 saturated heterocycles. The number of rotatable bonds is 2. The first-order valence-electron chi connectivity index (χ1n) is 9.17. The van der Waals surface area contributed by atoms with E-state index in [9.17, 15) is 14.9 Å². The van der Waals surface area contributed by atoms with Gasteiger partial charge in [-0.15, -0.1) is 0 Å². The average molecular weight is 396 g/mol. The number of hydrogen-bond acceptors (Lipinski definition) is 6. The molecule has 0 spiro atoms. The number of amides is 2. The van der Waals surface area contributed by atoms with Gasteiger partial charge in [-0.25, -0.2) is 9.80 Å². The maximum Gasteiger partial charge on any atom is 0.337 e. The summed E-state index contributed by atoms with van der Waals surface area (Å²) >= 11 is 0. The molecular weight excluding hydrogens is 376 g/mol. The average Bonchev–Trinajstić information content (AvgIpc) is 3.09. The van der Waals surface area contributed by atoms with Crippen LogP contribution in [0, 0.1) is 17.0 Å². The van der Waals surface area contributed by atoms with Gasteiger partial charge in [0.05, 0.1) is 16.7 Å². The molecule has 29 heavy (non-hydrogen) atoms. The zero-order valence-electron chi connectivity index (χ0n) is 16.3. The van der Waals surface area contributed by atoms with Crippen molar-refractivity contribution in [1.82, 2.24) is 10.3 Å². The van der Waals surface area contributed by atoms with Crippen LogP contribution in [0.1, 0.15) is 29.2 Å². The van der Waals surface area contributed by atoms with E-state index < -0.39 is 4.92 Å². The van der Waals surface area contributed by atoms with Crippen LogP contribution in [-0.2, 0) is 6.42 Å². The molecule has 9 heteroatoms. The van der Waals surface area contributed by atoms with Crippen LogP contribution in [-0.4, -0.2) is 41.6 Å². The summed E-state index contributed by atoms with van der Waals surface area (Å²) in [4.78, 5) is 23.2. The number of urea groups is 1. The fourth-order valence-corrected chi connectivity index (χ4v) is 3.62. The van der Waals surface area contributed by atoms with Crippen LogP contribution in [0.5, 0.6) is 11.5 Å². The Morgan fingerprint density at radius 1 is 1.28 bits per heavy atom. The van der Waals surface area contributed by atoms with E-state index in [1.807, 2.05) is 19.1 Å². The minimum absolute atomic E-state index is 0.0328. The van der Waals surface area contributed by atoms with Crippen molar-refractivity contribution in [2.24, 2.45) is 5.10 Å². The van der Waals surface area contributed by atoms with Gasteiger partial charge in [0, 0.05) is 29.8 Å². The molecule has 1 N–H and O–H groups in total. The minimum atomic E-state index is -0.418. The normalized spacial score (nSPS) is 17.3. The molecule has 0 bridgehead atoms. The molecule has 150 valence electrons. The van der Waals surface area contributed by atoms with E-state index in [4.69, 9.17) is 9.47 Å². The molecule has 0 radical (unpaired) electrons. The molecule has 2 aliphatic heterocycles. The summed E-state index contributed by atoms with van der Waals surface area (Å²) in [5, 5.41) is 19.9. The zero-order valence-corrected chi connectivity index (χ0v) is 16.3. The van der Waals surface area contributed by atoms with Gasteiger partial charge < -0.3 is 14.8 Å². The van der Waals surface area contributed by atoms with Crippen molar-refractivity contribution in [3.63, 3.8) is 0 Å². The lowest BCUT2D eigenvalue weighted by molar-refractivity contribution is -0.385. The summed E-state index contributed by atoms with van der Waals surface area (Å²) in [5.41, 5.74) is 3.54. The Bertz CT molecular complexity index is 1050. The van der Waals surface area contributed by atoms with Crippen molar-refractivity contribution in [3.8, 4) is 11.5 Å². The van der Waals surface area contributed by atoms with E-state index in [1.165, 1.54) is 11.1 Å². The monoisotopic (exact) mass is 396 g/mol. The van der Waals surface area contributed by atoms with Gasteiger partial charge in [-0.2, -0.15) is 5.10 Å². The number of fused-ring (bicyclic) bond motifs is 2. The Morgan fingerprint density at radius 3 is 2.66 bits per heavy atom. The van der Waals surface area contributed by atoms with Gasteiger partial charge in [0.15, 0.2) is 11.5 Å². The largest absolute Gasteiger partial charge is 0.454 e. The first kappa shape index (κ1) is 18.7. The maximum atomic E-state index is 12.4. The third-order valence-corrected chi connectivity index (χ3v) is 5.08. The lowest BCUT2D eigenvalue weighted by Crippen LogP contribution is -2.41. The summed E-state index contributed by atoms with van der Waals surface area (Å²) in [5.74, 6) is 1.26. The van der Waals surface area contributed by atoms with Crippen LogP contribution >= 0.6 is 0 Å². The summed E-state index contributed by atoms with van der Waals surface area (Å²) in [6.45, 7) is 3.75. The zero-order chi connectivity index (χ0) is 20.7. The highest BCUT2D eigenvalue weighted by atomic mass is 16.7. The van der Waals surface area contributed by atoms with Crippen molar-refractivity contribution in [3.05, 3.63) is 62.7 Å². The number of carbonyl (C=O) groups is 1. The number of benzene rings is 2. The quantitative estimate of drug-likeness (QED) is 0.620. The second kappa shape index (κ2) is 7.08. The number of carbonyl (C=O) groups excluding carboxylic acids is 1. The number of hydrogen-bond donors (Lipinski definition) is 1. The second-order valence-electron chi connectivity index (χ2n) is 7.02. The van der Waals surface area contributed by atoms with E-state index in [1.54, 1.807) is 26.1 Å². The molecule has 1 unspecified atom stereocenters. The van der Waals surface area contributed by atoms with E-state index in [2.05, 4.69) is 10.4 Å². The molecule has 0 aliphatic carbocycles. The SMILES string of the molecule is CNC(=O)N1N=C(c2ccc([N+](=O)[O-])c(C)c2)c2cc3c(cc2CC1C)OCO3. The first-order valence-corrected chi connectivity index (χ1v) is 9.17. The van der Waals surface area contributed by atoms with E-state index in [-0.39, 0.29) is 24.6 Å². The molecule has 2 aromatic rings. The number of nitrogens with one attached hydrogen (secondary N) is 1. The molecule has 0 saturated carbocycles. The van der Waals surface area contributed by atoms with Gasteiger partial charge in [0.1, 0.15) is 0 Å². The van der Waals surface area contributed by atoms with Crippen LogP contribution in [0.4, 0.5) is 10.5 Å². The van der Waals surface area contributed by atoms with Crippen LogP contribution in [0.3, 0.4) is 0 Å². The third kappa shape index (κ3) is 3.24. The predicted octanol–water partition coefficient (Wildman–Crippen LogP) is 2.97. The Kier molecular flexibility index (Phi) is 4.57. The number of aryl methyl sites for hydroxylation is 1. The molecule has 2 aliphatic rings. The summed E-state index contributed by atoms with van der Waals surface area (Å²) in [6.07, 6.45) is 0.568. The summed E-state index contributed by atoms with van der Waals surface area (Å²) in [7, 11) is 1.55. The number of nitro benzene ring substituents is 1. The highest BCUT2D eigenvalue weighted by Crippen LogP contribution is 2.38. The van der Waals surface area contributed by atoms with Gasteiger partial charge in [-0.1, -0.05) is 0 Å². The Labute approximate surface area is 167 Å². The Balaban J connectivity index is 1.91. The fourth-order valence-electron chi connectivity index (χ4n) is 3.62. The van der Waals surface area contributed by atoms with E-state index >= 15 is 0 Å². The molecule has 2 heterocycles. The van der Waals surface area contributed by atoms with Gasteiger partial charge in [0.2, 0.25) is 6.79 Å². The smallest absolute Gasteiger partial charge is 0.337 e. The predicted molar refractivity (Wildman–Crippen MR) is 105 cm³/mol. The van der Waals surface area contributed by atoms with E-state index in [0.717, 1.165) is 11.1 Å². The molecule has 2 amide bonds. The third-order valence-electron chi connectivity index (χ3n) is 5.08. The Morgan fingerprint density at radius 2 is 2.00 bits per heavy atom. The Hall–Kier alpha value is -3.62. The van der Waals surface area contributed by atoms with Crippen molar-refractivity contribution in [2.45, 2.75) is 26.3 Å². The number of nitrogens with zero attached hydrogens (tertiary/aromatic N) is 3. The van der Waals surface area contributed by atoms with Crippen molar-refractivity contribution in [2.75, 3.05) is 13.8 Å². The molecule has 4 rings (SSSR count). The van der Waals surface area contributed by atoms with Crippen LogP contribution < -0.4 is 14.8 Å². The van der Waals surface area contributed by atoms with Gasteiger partial charge in [-0.05, 0) is 50.1 Å². The van der Waals surface area contributed by atoms with Crippen molar-refractivity contribution >= 4 is 17.4 Å². The fraction of sp³-hybridized carbons (Fsp3) is 0.300. The van der Waals surface area contributed by atoms with Crippen molar-refractivity contribution < 1.29 is 19.2 Å². The highest BCUT2D eigenvalue weighted by molar-refractivity contribution is 6.14. The maximum absolute atomic E-state index is 12.4. The van der Waals surface area contributed by atoms with E-state index in [0.29, 0.717) is 34.8 Å². The molecule has 9 nitrogen and oxygen atoms in total. The van der Waals surface area contributed by atoms with Gasteiger partial charge in [-0.3, -0.25) is 10.1 Å².